The minimum absolute atomic E-state index is 0.407. The molecule has 0 spiro atoms. The smallest absolute Gasteiger partial charge is 0.00867 e. The fraction of sp³-hybridized carbons (Fsp3) is 0.0909. The highest BCUT2D eigenvalue weighted by molar-refractivity contribution is 5.70. The van der Waals surface area contributed by atoms with Gasteiger partial charge in [-0.3, -0.25) is 0 Å². The molecule has 33 heavy (non-hydrogen) atoms. The van der Waals surface area contributed by atoms with Gasteiger partial charge >= 0.3 is 0 Å². The standard InChI is InChI=1S/C33H28/c1-2-33(31-21-17-28(18-22-31)26-11-7-4-8-12-26)32-23-19-30(20-24-32)29-15-13-27(14-16-29)25-9-5-3-6-10-25/h3-24,33H,2H2,1H3. The molecule has 1 unspecified atom stereocenters. The molecule has 0 aromatic heterocycles. The molecule has 0 nitrogen and oxygen atoms in total. The first-order valence-electron chi connectivity index (χ1n) is 11.7. The van der Waals surface area contributed by atoms with Gasteiger partial charge in [-0.25, -0.2) is 0 Å². The number of benzene rings is 5. The fourth-order valence-corrected chi connectivity index (χ4v) is 4.60. The largest absolute Gasteiger partial charge is 0.0645 e. The molecule has 5 rings (SSSR count). The maximum Gasteiger partial charge on any atom is 0.00867 e. The van der Waals surface area contributed by atoms with Gasteiger partial charge in [-0.1, -0.05) is 140 Å². The molecule has 0 fully saturated rings. The SMILES string of the molecule is CCC(c1ccc(-c2ccccc2)cc1)c1ccc(-c2ccc(-c3ccccc3)cc2)cc1. The summed E-state index contributed by atoms with van der Waals surface area (Å²) in [5.41, 5.74) is 10.3. The molecular formula is C33H28. The molecule has 0 aliphatic carbocycles. The summed E-state index contributed by atoms with van der Waals surface area (Å²) in [6.07, 6.45) is 1.08. The van der Waals surface area contributed by atoms with E-state index in [0.717, 1.165) is 6.42 Å². The van der Waals surface area contributed by atoms with E-state index in [0.29, 0.717) is 5.92 Å². The van der Waals surface area contributed by atoms with Gasteiger partial charge in [0.2, 0.25) is 0 Å². The second kappa shape index (κ2) is 9.71. The zero-order valence-corrected chi connectivity index (χ0v) is 19.0. The van der Waals surface area contributed by atoms with E-state index in [9.17, 15) is 0 Å². The highest BCUT2D eigenvalue weighted by Crippen LogP contribution is 2.32. The Morgan fingerprint density at radius 3 is 0.939 bits per heavy atom. The number of hydrogen-bond acceptors (Lipinski definition) is 0. The lowest BCUT2D eigenvalue weighted by Gasteiger charge is -2.17. The van der Waals surface area contributed by atoms with Crippen molar-refractivity contribution in [1.82, 2.24) is 0 Å². The third kappa shape index (κ3) is 4.66. The summed E-state index contributed by atoms with van der Waals surface area (Å²) in [5.74, 6) is 0.407. The average molecular weight is 425 g/mol. The summed E-state index contributed by atoms with van der Waals surface area (Å²) in [4.78, 5) is 0. The van der Waals surface area contributed by atoms with Crippen molar-refractivity contribution in [2.45, 2.75) is 19.3 Å². The van der Waals surface area contributed by atoms with Crippen molar-refractivity contribution in [3.05, 3.63) is 145 Å². The Balaban J connectivity index is 1.35. The van der Waals surface area contributed by atoms with E-state index in [1.165, 1.54) is 44.5 Å². The van der Waals surface area contributed by atoms with Gasteiger partial charge in [0.1, 0.15) is 0 Å². The van der Waals surface area contributed by atoms with Crippen molar-refractivity contribution in [1.29, 1.82) is 0 Å². The first-order chi connectivity index (χ1) is 16.3. The van der Waals surface area contributed by atoms with Crippen molar-refractivity contribution in [3.63, 3.8) is 0 Å². The Morgan fingerprint density at radius 1 is 0.364 bits per heavy atom. The third-order valence-electron chi connectivity index (χ3n) is 6.47. The molecule has 0 N–H and O–H groups in total. The van der Waals surface area contributed by atoms with E-state index in [4.69, 9.17) is 0 Å². The van der Waals surface area contributed by atoms with Crippen LogP contribution in [0.15, 0.2) is 133 Å². The fourth-order valence-electron chi connectivity index (χ4n) is 4.60. The molecule has 160 valence electrons. The van der Waals surface area contributed by atoms with Crippen LogP contribution in [0, 0.1) is 0 Å². The minimum Gasteiger partial charge on any atom is -0.0645 e. The second-order valence-electron chi connectivity index (χ2n) is 8.51. The van der Waals surface area contributed by atoms with Gasteiger partial charge in [0.05, 0.1) is 0 Å². The van der Waals surface area contributed by atoms with Crippen LogP contribution in [-0.4, -0.2) is 0 Å². The maximum absolute atomic E-state index is 2.29. The molecule has 0 radical (unpaired) electrons. The van der Waals surface area contributed by atoms with Gasteiger partial charge in [0.25, 0.3) is 0 Å². The molecule has 0 bridgehead atoms. The third-order valence-corrected chi connectivity index (χ3v) is 6.47. The number of hydrogen-bond donors (Lipinski definition) is 0. The lowest BCUT2D eigenvalue weighted by atomic mass is 9.87. The van der Waals surface area contributed by atoms with Crippen molar-refractivity contribution in [3.8, 4) is 33.4 Å². The minimum atomic E-state index is 0.407. The molecule has 0 heteroatoms. The predicted molar refractivity (Wildman–Crippen MR) is 141 cm³/mol. The Kier molecular flexibility index (Phi) is 6.17. The second-order valence-corrected chi connectivity index (χ2v) is 8.51. The molecule has 0 saturated carbocycles. The van der Waals surface area contributed by atoms with Crippen LogP contribution >= 0.6 is 0 Å². The van der Waals surface area contributed by atoms with E-state index in [1.54, 1.807) is 0 Å². The van der Waals surface area contributed by atoms with E-state index in [2.05, 4.69) is 140 Å². The summed E-state index contributed by atoms with van der Waals surface area (Å²) < 4.78 is 0. The molecule has 0 aliphatic rings. The zero-order chi connectivity index (χ0) is 22.5. The van der Waals surface area contributed by atoms with E-state index in [-0.39, 0.29) is 0 Å². The highest BCUT2D eigenvalue weighted by atomic mass is 14.2. The van der Waals surface area contributed by atoms with Gasteiger partial charge in [-0.15, -0.1) is 0 Å². The predicted octanol–water partition coefficient (Wildman–Crippen LogP) is 9.23. The van der Waals surface area contributed by atoms with Crippen LogP contribution in [0.2, 0.25) is 0 Å². The van der Waals surface area contributed by atoms with Crippen LogP contribution in [0.1, 0.15) is 30.4 Å². The molecule has 0 heterocycles. The van der Waals surface area contributed by atoms with Crippen LogP contribution in [0.4, 0.5) is 0 Å². The Bertz CT molecular complexity index is 1280. The Hall–Kier alpha value is -3.90. The maximum atomic E-state index is 2.29. The van der Waals surface area contributed by atoms with E-state index in [1.807, 2.05) is 0 Å². The summed E-state index contributed by atoms with van der Waals surface area (Å²) in [7, 11) is 0. The van der Waals surface area contributed by atoms with Crippen molar-refractivity contribution >= 4 is 0 Å². The first kappa shape index (κ1) is 21.0. The van der Waals surface area contributed by atoms with Gasteiger partial charge in [0, 0.05) is 5.92 Å². The van der Waals surface area contributed by atoms with Gasteiger partial charge in [0.15, 0.2) is 0 Å². The Labute approximate surface area is 197 Å². The van der Waals surface area contributed by atoms with Crippen LogP contribution in [0.5, 0.6) is 0 Å². The molecular weight excluding hydrogens is 396 g/mol. The van der Waals surface area contributed by atoms with Crippen LogP contribution in [0.3, 0.4) is 0 Å². The van der Waals surface area contributed by atoms with E-state index >= 15 is 0 Å². The van der Waals surface area contributed by atoms with Crippen molar-refractivity contribution in [2.75, 3.05) is 0 Å². The molecule has 0 amide bonds. The summed E-state index contributed by atoms with van der Waals surface area (Å²) >= 11 is 0. The quantitative estimate of drug-likeness (QED) is 0.255. The summed E-state index contributed by atoms with van der Waals surface area (Å²) in [6, 6.07) is 48.1. The topological polar surface area (TPSA) is 0 Å². The molecule has 0 saturated heterocycles. The van der Waals surface area contributed by atoms with E-state index < -0.39 is 0 Å². The summed E-state index contributed by atoms with van der Waals surface area (Å²) in [5, 5.41) is 0. The lowest BCUT2D eigenvalue weighted by molar-refractivity contribution is 0.777. The van der Waals surface area contributed by atoms with Gasteiger partial charge < -0.3 is 0 Å². The molecule has 5 aromatic carbocycles. The molecule has 1 atom stereocenters. The lowest BCUT2D eigenvalue weighted by Crippen LogP contribution is -1.99. The van der Waals surface area contributed by atoms with Crippen LogP contribution in [-0.2, 0) is 0 Å². The summed E-state index contributed by atoms with van der Waals surface area (Å²) in [6.45, 7) is 2.27. The zero-order valence-electron chi connectivity index (χ0n) is 19.0. The number of rotatable bonds is 6. The normalized spacial score (nSPS) is 11.8. The Morgan fingerprint density at radius 2 is 0.636 bits per heavy atom. The van der Waals surface area contributed by atoms with Crippen LogP contribution < -0.4 is 0 Å². The van der Waals surface area contributed by atoms with Crippen molar-refractivity contribution < 1.29 is 0 Å². The van der Waals surface area contributed by atoms with Crippen LogP contribution in [0.25, 0.3) is 33.4 Å². The van der Waals surface area contributed by atoms with Gasteiger partial charge in [-0.05, 0) is 50.9 Å². The van der Waals surface area contributed by atoms with Gasteiger partial charge in [-0.2, -0.15) is 0 Å². The first-order valence-corrected chi connectivity index (χ1v) is 11.7. The van der Waals surface area contributed by atoms with Crippen molar-refractivity contribution in [2.24, 2.45) is 0 Å². The molecule has 5 aromatic rings. The average Bonchev–Trinajstić information content (AvgIpc) is 2.91. The molecule has 0 aliphatic heterocycles. The highest BCUT2D eigenvalue weighted by Gasteiger charge is 2.13. The monoisotopic (exact) mass is 424 g/mol.